The van der Waals surface area contributed by atoms with Crippen LogP contribution in [0.5, 0.6) is 5.75 Å². The van der Waals surface area contributed by atoms with Crippen LogP contribution in [0.3, 0.4) is 0 Å². The van der Waals surface area contributed by atoms with Crippen LogP contribution >= 0.6 is 10.3 Å². The number of ether oxygens (including phenoxy) is 3. The van der Waals surface area contributed by atoms with Crippen LogP contribution in [0, 0.1) is 0 Å². The van der Waals surface area contributed by atoms with E-state index >= 15 is 0 Å². The van der Waals surface area contributed by atoms with E-state index in [9.17, 15) is 4.79 Å². The Kier molecular flexibility index (Phi) is 8.76. The Balaban J connectivity index is 2.29. The van der Waals surface area contributed by atoms with E-state index in [1.807, 2.05) is 24.3 Å². The normalized spacial score (nSPS) is 12.7. The number of carbonyl (C=O) groups excluding carboxylic acids is 1. The van der Waals surface area contributed by atoms with Crippen LogP contribution < -0.4 is 4.74 Å². The lowest BCUT2D eigenvalue weighted by atomic mass is 10.2. The number of hydrogen-bond donors (Lipinski definition) is 0. The first-order chi connectivity index (χ1) is 11.7. The summed E-state index contributed by atoms with van der Waals surface area (Å²) in [5, 5.41) is 0. The molecule has 1 aromatic carbocycles. The van der Waals surface area contributed by atoms with Gasteiger partial charge in [-0.3, -0.25) is 0 Å². The largest absolute Gasteiger partial charge is 0.491 e. The van der Waals surface area contributed by atoms with Gasteiger partial charge in [0.15, 0.2) is 0 Å². The molecule has 25 heavy (non-hydrogen) atoms. The highest BCUT2D eigenvalue weighted by Gasteiger charge is 2.28. The van der Waals surface area contributed by atoms with Crippen molar-refractivity contribution < 1.29 is 23.2 Å². The highest BCUT2D eigenvalue weighted by molar-refractivity contribution is 8.29. The number of benzene rings is 1. The molecule has 6 heteroatoms. The van der Waals surface area contributed by atoms with Crippen LogP contribution in [0.15, 0.2) is 24.3 Å². The van der Waals surface area contributed by atoms with Gasteiger partial charge < -0.3 is 18.4 Å². The maximum Gasteiger partial charge on any atom is 0.332 e. The van der Waals surface area contributed by atoms with Gasteiger partial charge in [-0.1, -0.05) is 32.9 Å². The summed E-state index contributed by atoms with van der Waals surface area (Å²) in [6, 6.07) is 7.63. The quantitative estimate of drug-likeness (QED) is 0.460. The van der Waals surface area contributed by atoms with Crippen LogP contribution in [-0.2, 0) is 25.1 Å². The van der Waals surface area contributed by atoms with Gasteiger partial charge in [-0.25, -0.2) is 4.79 Å². The maximum absolute atomic E-state index is 11.2. The number of hydrogen-bond acceptors (Lipinski definition) is 5. The average molecular weight is 373 g/mol. The van der Waals surface area contributed by atoms with Crippen molar-refractivity contribution in [1.29, 1.82) is 0 Å². The van der Waals surface area contributed by atoms with E-state index in [1.165, 1.54) is 0 Å². The van der Waals surface area contributed by atoms with Gasteiger partial charge in [0.2, 0.25) is 0 Å². The minimum absolute atomic E-state index is 0.0324. The van der Waals surface area contributed by atoms with E-state index in [0.29, 0.717) is 26.4 Å². The summed E-state index contributed by atoms with van der Waals surface area (Å²) in [6.45, 7) is 10.2. The first-order valence-corrected chi connectivity index (χ1v) is 10.9. The Morgan fingerprint density at radius 1 is 1.08 bits per heavy atom. The molecule has 0 bridgehead atoms. The van der Waals surface area contributed by atoms with E-state index < -0.39 is 10.3 Å². The summed E-state index contributed by atoms with van der Waals surface area (Å²) in [6.07, 6.45) is 4.36. The van der Waals surface area contributed by atoms with Crippen molar-refractivity contribution in [1.82, 2.24) is 0 Å². The van der Waals surface area contributed by atoms with Crippen LogP contribution in [0.2, 0.25) is 0 Å². The van der Waals surface area contributed by atoms with E-state index in [-0.39, 0.29) is 17.3 Å². The molecule has 0 aliphatic carbocycles. The van der Waals surface area contributed by atoms with Crippen molar-refractivity contribution in [3.05, 3.63) is 29.8 Å². The molecule has 1 aromatic rings. The molecule has 1 rings (SSSR count). The van der Waals surface area contributed by atoms with Crippen LogP contribution in [0.4, 0.5) is 0 Å². The third-order valence-electron chi connectivity index (χ3n) is 3.92. The van der Waals surface area contributed by atoms with Crippen molar-refractivity contribution in [3.8, 4) is 5.75 Å². The molecule has 0 unspecified atom stereocenters. The lowest BCUT2D eigenvalue weighted by Gasteiger charge is -2.43. The Morgan fingerprint density at radius 3 is 2.28 bits per heavy atom. The third kappa shape index (κ3) is 8.12. The second kappa shape index (κ2) is 10.0. The molecule has 0 heterocycles. The molecule has 5 nitrogen and oxygen atoms in total. The Morgan fingerprint density at radius 2 is 1.72 bits per heavy atom. The highest BCUT2D eigenvalue weighted by atomic mass is 32.3. The molecule has 144 valence electrons. The van der Waals surface area contributed by atoms with Crippen molar-refractivity contribution in [2.45, 2.75) is 39.0 Å². The van der Waals surface area contributed by atoms with E-state index in [1.54, 1.807) is 6.92 Å². The fourth-order valence-electron chi connectivity index (χ4n) is 1.72. The maximum atomic E-state index is 11.2. The zero-order chi connectivity index (χ0) is 18.9. The smallest absolute Gasteiger partial charge is 0.332 e. The van der Waals surface area contributed by atoms with Crippen molar-refractivity contribution in [2.75, 3.05) is 38.9 Å². The molecule has 0 amide bonds. The van der Waals surface area contributed by atoms with Gasteiger partial charge in [0.1, 0.15) is 19.0 Å². The predicted octanol–water partition coefficient (Wildman–Crippen LogP) is 3.94. The lowest BCUT2D eigenvalue weighted by molar-refractivity contribution is -0.148. The minimum atomic E-state index is -1.11. The van der Waals surface area contributed by atoms with Gasteiger partial charge in [-0.05, 0) is 37.1 Å². The second-order valence-corrected chi connectivity index (χ2v) is 10.9. The van der Waals surface area contributed by atoms with Gasteiger partial charge in [0.05, 0.1) is 19.8 Å². The van der Waals surface area contributed by atoms with Gasteiger partial charge >= 0.3 is 5.97 Å². The molecule has 0 spiro atoms. The van der Waals surface area contributed by atoms with Crippen LogP contribution in [0.25, 0.3) is 0 Å². The summed E-state index contributed by atoms with van der Waals surface area (Å²) < 4.78 is 22.0. The van der Waals surface area contributed by atoms with Crippen molar-refractivity contribution in [3.63, 3.8) is 0 Å². The zero-order valence-electron chi connectivity index (χ0n) is 16.3. The number of esters is 1. The highest BCUT2D eigenvalue weighted by Crippen LogP contribution is 2.53. The summed E-state index contributed by atoms with van der Waals surface area (Å²) >= 11 is 0. The summed E-state index contributed by atoms with van der Waals surface area (Å²) in [4.78, 5) is 11.2. The molecule has 0 aromatic heterocycles. The summed E-state index contributed by atoms with van der Waals surface area (Å²) in [5.41, 5.74) is 0.978. The van der Waals surface area contributed by atoms with Crippen molar-refractivity contribution >= 4 is 16.3 Å². The van der Waals surface area contributed by atoms with Gasteiger partial charge in [-0.2, -0.15) is 0 Å². The summed E-state index contributed by atoms with van der Waals surface area (Å²) in [7, 11) is -1.11. The van der Waals surface area contributed by atoms with E-state index in [4.69, 9.17) is 18.4 Å². The SMILES string of the molecule is CCOC(=O)COCc1ccc(OCCOS(C)(C)C(C)(C)C)cc1. The minimum Gasteiger partial charge on any atom is -0.491 e. The van der Waals surface area contributed by atoms with Crippen molar-refractivity contribution in [2.24, 2.45) is 0 Å². The molecule has 0 atom stereocenters. The molecule has 0 fully saturated rings. The molecular formula is C19H32O5S. The third-order valence-corrected chi connectivity index (χ3v) is 7.63. The monoisotopic (exact) mass is 372 g/mol. The Labute approximate surface area is 153 Å². The molecule has 0 saturated carbocycles. The first kappa shape index (κ1) is 21.8. The average Bonchev–Trinajstić information content (AvgIpc) is 2.52. The molecular weight excluding hydrogens is 340 g/mol. The molecule has 0 aliphatic heterocycles. The van der Waals surface area contributed by atoms with Gasteiger partial charge in [0, 0.05) is 4.75 Å². The molecule has 0 saturated heterocycles. The van der Waals surface area contributed by atoms with Gasteiger partial charge in [-0.15, -0.1) is 10.3 Å². The number of carbonyl (C=O) groups is 1. The van der Waals surface area contributed by atoms with E-state index in [0.717, 1.165) is 11.3 Å². The number of rotatable bonds is 10. The van der Waals surface area contributed by atoms with Crippen LogP contribution in [-0.4, -0.2) is 49.7 Å². The fourth-order valence-corrected chi connectivity index (χ4v) is 2.55. The van der Waals surface area contributed by atoms with E-state index in [2.05, 4.69) is 33.3 Å². The standard InChI is InChI=1S/C19H32O5S/c1-7-22-18(20)15-21-14-16-8-10-17(11-9-16)23-12-13-24-25(5,6)19(2,3)4/h8-11H,7,12-15H2,1-6H3. The zero-order valence-corrected chi connectivity index (χ0v) is 17.1. The van der Waals surface area contributed by atoms with Gasteiger partial charge in [0.25, 0.3) is 0 Å². The topological polar surface area (TPSA) is 54.0 Å². The predicted molar refractivity (Wildman–Crippen MR) is 103 cm³/mol. The Hall–Kier alpha value is -1.24. The molecule has 0 aliphatic rings. The van der Waals surface area contributed by atoms with Crippen LogP contribution in [0.1, 0.15) is 33.3 Å². The Bertz CT molecular complexity index is 520. The lowest BCUT2D eigenvalue weighted by Crippen LogP contribution is -2.26. The molecule has 0 radical (unpaired) electrons. The summed E-state index contributed by atoms with van der Waals surface area (Å²) in [5.74, 6) is 0.448. The second-order valence-electron chi connectivity index (χ2n) is 6.96. The molecule has 0 N–H and O–H groups in total. The fraction of sp³-hybridized carbons (Fsp3) is 0.632. The first-order valence-electron chi connectivity index (χ1n) is 8.48.